The second-order valence-corrected chi connectivity index (χ2v) is 5.13. The predicted octanol–water partition coefficient (Wildman–Crippen LogP) is 3.51. The van der Waals surface area contributed by atoms with E-state index in [4.69, 9.17) is 5.26 Å². The number of anilines is 2. The molecule has 0 bridgehead atoms. The molecular formula is C15H11BrFN3O. The number of rotatable bonds is 4. The Hall–Kier alpha value is -2.39. The number of nitrogens with one attached hydrogen (secondary N) is 2. The molecule has 2 N–H and O–H groups in total. The highest BCUT2D eigenvalue weighted by Crippen LogP contribution is 2.20. The fourth-order valence-corrected chi connectivity index (χ4v) is 2.04. The third-order valence-electron chi connectivity index (χ3n) is 2.67. The lowest BCUT2D eigenvalue weighted by Crippen LogP contribution is -2.22. The van der Waals surface area contributed by atoms with E-state index < -0.39 is 0 Å². The first-order valence-electron chi connectivity index (χ1n) is 6.07. The van der Waals surface area contributed by atoms with Crippen LogP contribution in [0.1, 0.15) is 5.56 Å². The lowest BCUT2D eigenvalue weighted by Gasteiger charge is -2.09. The molecule has 0 aliphatic rings. The molecule has 6 heteroatoms. The molecule has 106 valence electrons. The van der Waals surface area contributed by atoms with E-state index in [0.29, 0.717) is 16.9 Å². The van der Waals surface area contributed by atoms with Crippen LogP contribution in [0.2, 0.25) is 0 Å². The topological polar surface area (TPSA) is 64.9 Å². The van der Waals surface area contributed by atoms with Crippen LogP contribution in [0.5, 0.6) is 0 Å². The molecule has 0 saturated carbocycles. The van der Waals surface area contributed by atoms with Crippen LogP contribution >= 0.6 is 15.9 Å². The minimum Gasteiger partial charge on any atom is -0.375 e. The number of amides is 1. The summed E-state index contributed by atoms with van der Waals surface area (Å²) >= 11 is 3.31. The van der Waals surface area contributed by atoms with E-state index in [1.807, 2.05) is 6.07 Å². The number of benzene rings is 2. The van der Waals surface area contributed by atoms with Gasteiger partial charge in [0.05, 0.1) is 17.8 Å². The van der Waals surface area contributed by atoms with Crippen molar-refractivity contribution >= 4 is 33.2 Å². The van der Waals surface area contributed by atoms with Crippen molar-refractivity contribution in [3.8, 4) is 6.07 Å². The van der Waals surface area contributed by atoms with Gasteiger partial charge >= 0.3 is 0 Å². The van der Waals surface area contributed by atoms with Gasteiger partial charge in [-0.25, -0.2) is 4.39 Å². The highest BCUT2D eigenvalue weighted by Gasteiger charge is 2.06. The standard InChI is InChI=1S/C15H11BrFN3O/c16-11-2-1-10(8-18)14(7-11)19-9-15(21)20-13-5-3-12(17)4-6-13/h1-7,19H,9H2,(H,20,21). The lowest BCUT2D eigenvalue weighted by atomic mass is 10.2. The lowest BCUT2D eigenvalue weighted by molar-refractivity contribution is -0.114. The number of halogens is 2. The number of hydrogen-bond acceptors (Lipinski definition) is 3. The zero-order valence-corrected chi connectivity index (χ0v) is 12.4. The Labute approximate surface area is 129 Å². The summed E-state index contributed by atoms with van der Waals surface area (Å²) < 4.78 is 13.6. The smallest absolute Gasteiger partial charge is 0.243 e. The average molecular weight is 348 g/mol. The van der Waals surface area contributed by atoms with Gasteiger partial charge in [0.1, 0.15) is 11.9 Å². The van der Waals surface area contributed by atoms with Crippen molar-refractivity contribution in [2.24, 2.45) is 0 Å². The minimum atomic E-state index is -0.362. The second kappa shape index (κ2) is 6.86. The van der Waals surface area contributed by atoms with Crippen molar-refractivity contribution in [3.63, 3.8) is 0 Å². The highest BCUT2D eigenvalue weighted by molar-refractivity contribution is 9.10. The van der Waals surface area contributed by atoms with Crippen molar-refractivity contribution in [1.82, 2.24) is 0 Å². The van der Waals surface area contributed by atoms with Gasteiger partial charge in [-0.1, -0.05) is 15.9 Å². The molecule has 0 heterocycles. The maximum Gasteiger partial charge on any atom is 0.243 e. The molecule has 21 heavy (non-hydrogen) atoms. The molecule has 0 aliphatic carbocycles. The second-order valence-electron chi connectivity index (χ2n) is 4.21. The third-order valence-corrected chi connectivity index (χ3v) is 3.16. The summed E-state index contributed by atoms with van der Waals surface area (Å²) in [6.07, 6.45) is 0. The maximum atomic E-state index is 12.8. The van der Waals surface area contributed by atoms with E-state index in [2.05, 4.69) is 26.6 Å². The fourth-order valence-electron chi connectivity index (χ4n) is 1.67. The van der Waals surface area contributed by atoms with Gasteiger partial charge in [-0.3, -0.25) is 4.79 Å². The van der Waals surface area contributed by atoms with Crippen molar-refractivity contribution in [2.75, 3.05) is 17.2 Å². The Morgan fingerprint density at radius 3 is 2.62 bits per heavy atom. The highest BCUT2D eigenvalue weighted by atomic mass is 79.9. The van der Waals surface area contributed by atoms with E-state index in [1.165, 1.54) is 24.3 Å². The quantitative estimate of drug-likeness (QED) is 0.889. The number of carbonyl (C=O) groups excluding carboxylic acids is 1. The number of nitriles is 1. The molecular weight excluding hydrogens is 337 g/mol. The van der Waals surface area contributed by atoms with Gasteiger partial charge in [-0.15, -0.1) is 0 Å². The summed E-state index contributed by atoms with van der Waals surface area (Å²) in [7, 11) is 0. The van der Waals surface area contributed by atoms with Crippen LogP contribution in [-0.2, 0) is 4.79 Å². The Bertz CT molecular complexity index is 695. The van der Waals surface area contributed by atoms with Gasteiger partial charge in [-0.2, -0.15) is 5.26 Å². The van der Waals surface area contributed by atoms with Crippen LogP contribution in [0.3, 0.4) is 0 Å². The van der Waals surface area contributed by atoms with E-state index in [9.17, 15) is 9.18 Å². The van der Waals surface area contributed by atoms with Crippen LogP contribution in [0, 0.1) is 17.1 Å². The number of carbonyl (C=O) groups is 1. The SMILES string of the molecule is N#Cc1ccc(Br)cc1NCC(=O)Nc1ccc(F)cc1. The van der Waals surface area contributed by atoms with Gasteiger partial charge in [-0.05, 0) is 42.5 Å². The average Bonchev–Trinajstić information content (AvgIpc) is 2.48. The molecule has 0 saturated heterocycles. The normalized spacial score (nSPS) is 9.76. The molecule has 0 radical (unpaired) electrons. The summed E-state index contributed by atoms with van der Waals surface area (Å²) in [5, 5.41) is 14.5. The third kappa shape index (κ3) is 4.29. The Morgan fingerprint density at radius 1 is 1.24 bits per heavy atom. The summed E-state index contributed by atoms with van der Waals surface area (Å²) in [6, 6.07) is 12.7. The molecule has 1 amide bonds. The number of nitrogens with zero attached hydrogens (tertiary/aromatic N) is 1. The van der Waals surface area contributed by atoms with Crippen LogP contribution in [0.4, 0.5) is 15.8 Å². The number of hydrogen-bond donors (Lipinski definition) is 2. The van der Waals surface area contributed by atoms with Crippen LogP contribution in [-0.4, -0.2) is 12.5 Å². The maximum absolute atomic E-state index is 12.8. The van der Waals surface area contributed by atoms with Gasteiger partial charge in [0.25, 0.3) is 0 Å². The molecule has 2 rings (SSSR count). The molecule has 2 aromatic carbocycles. The summed E-state index contributed by atoms with van der Waals surface area (Å²) in [4.78, 5) is 11.8. The first-order valence-corrected chi connectivity index (χ1v) is 6.87. The Morgan fingerprint density at radius 2 is 1.95 bits per heavy atom. The largest absolute Gasteiger partial charge is 0.375 e. The molecule has 4 nitrogen and oxygen atoms in total. The fraction of sp³-hybridized carbons (Fsp3) is 0.0667. The van der Waals surface area contributed by atoms with Crippen molar-refractivity contribution < 1.29 is 9.18 Å². The molecule has 0 aromatic heterocycles. The van der Waals surface area contributed by atoms with Crippen LogP contribution in [0.15, 0.2) is 46.9 Å². The van der Waals surface area contributed by atoms with Gasteiger partial charge in [0, 0.05) is 10.2 Å². The molecule has 0 fully saturated rings. The van der Waals surface area contributed by atoms with Crippen molar-refractivity contribution in [3.05, 3.63) is 58.3 Å². The molecule has 2 aromatic rings. The summed E-state index contributed by atoms with van der Waals surface area (Å²) in [5.74, 6) is -0.649. The summed E-state index contributed by atoms with van der Waals surface area (Å²) in [5.41, 5.74) is 1.53. The van der Waals surface area contributed by atoms with Crippen molar-refractivity contribution in [2.45, 2.75) is 0 Å². The van der Waals surface area contributed by atoms with E-state index in [0.717, 1.165) is 4.47 Å². The van der Waals surface area contributed by atoms with Gasteiger partial charge in [0.15, 0.2) is 0 Å². The monoisotopic (exact) mass is 347 g/mol. The van der Waals surface area contributed by atoms with E-state index >= 15 is 0 Å². The first kappa shape index (κ1) is 15.0. The molecule has 0 atom stereocenters. The van der Waals surface area contributed by atoms with Crippen LogP contribution < -0.4 is 10.6 Å². The van der Waals surface area contributed by atoms with E-state index in [1.54, 1.807) is 18.2 Å². The van der Waals surface area contributed by atoms with Gasteiger partial charge < -0.3 is 10.6 Å². The van der Waals surface area contributed by atoms with E-state index in [-0.39, 0.29) is 18.3 Å². The summed E-state index contributed by atoms with van der Waals surface area (Å²) in [6.45, 7) is 0.00249. The zero-order chi connectivity index (χ0) is 15.2. The molecule has 0 unspecified atom stereocenters. The molecule has 0 spiro atoms. The molecule has 0 aliphatic heterocycles. The Kier molecular flexibility index (Phi) is 4.90. The van der Waals surface area contributed by atoms with Crippen molar-refractivity contribution in [1.29, 1.82) is 5.26 Å². The van der Waals surface area contributed by atoms with Crippen LogP contribution in [0.25, 0.3) is 0 Å². The minimum absolute atomic E-state index is 0.00249. The first-order chi connectivity index (χ1) is 10.1. The predicted molar refractivity (Wildman–Crippen MR) is 82.4 cm³/mol. The Balaban J connectivity index is 1.97. The van der Waals surface area contributed by atoms with Gasteiger partial charge in [0.2, 0.25) is 5.91 Å². The zero-order valence-electron chi connectivity index (χ0n) is 10.9.